The van der Waals surface area contributed by atoms with Crippen LogP contribution in [0.3, 0.4) is 0 Å². The van der Waals surface area contributed by atoms with E-state index in [2.05, 4.69) is 10.1 Å². The van der Waals surface area contributed by atoms with Crippen LogP contribution in [0.25, 0.3) is 0 Å². The number of halogens is 1. The molecular formula is C12H15ClN2O5. The molecule has 0 radical (unpaired) electrons. The van der Waals surface area contributed by atoms with Gasteiger partial charge >= 0.3 is 5.97 Å². The van der Waals surface area contributed by atoms with E-state index in [-0.39, 0.29) is 29.2 Å². The molecule has 0 bridgehead atoms. The third kappa shape index (κ3) is 3.82. The summed E-state index contributed by atoms with van der Waals surface area (Å²) in [7, 11) is 1.20. The number of aliphatic hydroxyl groups is 1. The second-order valence-corrected chi connectivity index (χ2v) is 4.41. The van der Waals surface area contributed by atoms with Gasteiger partial charge in [-0.25, -0.2) is 4.79 Å². The third-order valence-electron chi connectivity index (χ3n) is 2.70. The molecule has 0 aliphatic rings. The van der Waals surface area contributed by atoms with E-state index >= 15 is 0 Å². The number of nitro benzene ring substituents is 1. The minimum Gasteiger partial charge on any atom is -0.465 e. The number of rotatable bonds is 6. The number of anilines is 1. The summed E-state index contributed by atoms with van der Waals surface area (Å²) in [5.41, 5.74) is 0.470. The number of carbonyl (C=O) groups excluding carboxylic acids is 1. The third-order valence-corrected chi connectivity index (χ3v) is 3.06. The number of aliphatic hydroxyl groups excluding tert-OH is 1. The molecule has 110 valence electrons. The highest BCUT2D eigenvalue weighted by atomic mass is 35.5. The van der Waals surface area contributed by atoms with Gasteiger partial charge in [0.25, 0.3) is 5.69 Å². The molecule has 1 atom stereocenters. The number of hydrogen-bond acceptors (Lipinski definition) is 6. The summed E-state index contributed by atoms with van der Waals surface area (Å²) < 4.78 is 4.59. The van der Waals surface area contributed by atoms with Crippen LogP contribution < -0.4 is 5.32 Å². The quantitative estimate of drug-likeness (QED) is 0.359. The molecule has 2 N–H and O–H groups in total. The molecule has 0 spiro atoms. The Morgan fingerprint density at radius 3 is 2.75 bits per heavy atom. The topological polar surface area (TPSA) is 102 Å². The summed E-state index contributed by atoms with van der Waals surface area (Å²) in [6.07, 6.45) is -0.793. The Morgan fingerprint density at radius 2 is 2.25 bits per heavy atom. The standard InChI is InChI=1S/C12H15ClN2O5/c1-7-10(12(17)20-2)3-8(4-11(7)15(18)19)14-6-9(16)5-13/h3-4,9,14,16H,5-6H2,1-2H3. The van der Waals surface area contributed by atoms with Crippen LogP contribution in [-0.2, 0) is 4.74 Å². The van der Waals surface area contributed by atoms with Gasteiger partial charge in [0.1, 0.15) is 0 Å². The van der Waals surface area contributed by atoms with Gasteiger partial charge in [0, 0.05) is 23.9 Å². The summed E-state index contributed by atoms with van der Waals surface area (Å²) in [4.78, 5) is 22.0. The Balaban J connectivity index is 3.16. The van der Waals surface area contributed by atoms with E-state index in [0.29, 0.717) is 5.69 Å². The number of nitro groups is 1. The smallest absolute Gasteiger partial charge is 0.338 e. The van der Waals surface area contributed by atoms with Crippen LogP contribution in [0.1, 0.15) is 15.9 Å². The number of methoxy groups -OCH3 is 1. The van der Waals surface area contributed by atoms with Crippen LogP contribution in [-0.4, -0.2) is 41.6 Å². The van der Waals surface area contributed by atoms with Crippen LogP contribution in [0.2, 0.25) is 0 Å². The highest BCUT2D eigenvalue weighted by Crippen LogP contribution is 2.27. The molecule has 20 heavy (non-hydrogen) atoms. The average molecular weight is 303 g/mol. The van der Waals surface area contributed by atoms with Gasteiger partial charge in [-0.1, -0.05) is 0 Å². The van der Waals surface area contributed by atoms with Gasteiger partial charge in [0.2, 0.25) is 0 Å². The molecular weight excluding hydrogens is 288 g/mol. The second-order valence-electron chi connectivity index (χ2n) is 4.11. The molecule has 7 nitrogen and oxygen atoms in total. The van der Waals surface area contributed by atoms with E-state index in [4.69, 9.17) is 11.6 Å². The maximum Gasteiger partial charge on any atom is 0.338 e. The Labute approximate surface area is 120 Å². The van der Waals surface area contributed by atoms with Gasteiger partial charge in [0.15, 0.2) is 0 Å². The molecule has 0 fully saturated rings. The minimum atomic E-state index is -0.793. The summed E-state index contributed by atoms with van der Waals surface area (Å²) in [5, 5.41) is 23.1. The van der Waals surface area contributed by atoms with E-state index < -0.39 is 17.0 Å². The molecule has 1 unspecified atom stereocenters. The van der Waals surface area contributed by atoms with Gasteiger partial charge in [-0.2, -0.15) is 0 Å². The van der Waals surface area contributed by atoms with Gasteiger partial charge in [-0.15, -0.1) is 11.6 Å². The van der Waals surface area contributed by atoms with Crippen LogP contribution in [0, 0.1) is 17.0 Å². The molecule has 0 aromatic heterocycles. The fourth-order valence-corrected chi connectivity index (χ4v) is 1.71. The van der Waals surface area contributed by atoms with Crippen molar-refractivity contribution in [2.45, 2.75) is 13.0 Å². The zero-order chi connectivity index (χ0) is 15.3. The summed E-state index contributed by atoms with van der Waals surface area (Å²) >= 11 is 5.46. The molecule has 0 saturated carbocycles. The minimum absolute atomic E-state index is 0.0326. The maximum absolute atomic E-state index is 11.6. The van der Waals surface area contributed by atoms with Crippen molar-refractivity contribution in [3.8, 4) is 0 Å². The van der Waals surface area contributed by atoms with E-state index in [9.17, 15) is 20.0 Å². The van der Waals surface area contributed by atoms with Crippen molar-refractivity contribution in [3.63, 3.8) is 0 Å². The molecule has 0 aliphatic carbocycles. The summed E-state index contributed by atoms with van der Waals surface area (Å²) in [6, 6.07) is 2.73. The van der Waals surface area contributed by atoms with E-state index in [0.717, 1.165) is 0 Å². The lowest BCUT2D eigenvalue weighted by atomic mass is 10.1. The van der Waals surface area contributed by atoms with Crippen LogP contribution in [0.15, 0.2) is 12.1 Å². The van der Waals surface area contributed by atoms with Crippen LogP contribution in [0.5, 0.6) is 0 Å². The molecule has 0 aliphatic heterocycles. The first-order chi connectivity index (χ1) is 9.40. The largest absolute Gasteiger partial charge is 0.465 e. The van der Waals surface area contributed by atoms with Crippen molar-refractivity contribution in [2.24, 2.45) is 0 Å². The number of ether oxygens (including phenoxy) is 1. The van der Waals surface area contributed by atoms with Gasteiger partial charge in [-0.05, 0) is 13.0 Å². The summed E-state index contributed by atoms with van der Waals surface area (Å²) in [6.45, 7) is 1.59. The van der Waals surface area contributed by atoms with Gasteiger partial charge in [0.05, 0.1) is 29.6 Å². The maximum atomic E-state index is 11.6. The van der Waals surface area contributed by atoms with Crippen molar-refractivity contribution in [3.05, 3.63) is 33.4 Å². The lowest BCUT2D eigenvalue weighted by molar-refractivity contribution is -0.385. The number of hydrogen-bond donors (Lipinski definition) is 2. The number of nitrogens with one attached hydrogen (secondary N) is 1. The average Bonchev–Trinajstić information content (AvgIpc) is 2.44. The number of esters is 1. The second kappa shape index (κ2) is 7.06. The van der Waals surface area contributed by atoms with Crippen molar-refractivity contribution < 1.29 is 19.6 Å². The predicted molar refractivity (Wildman–Crippen MR) is 74.4 cm³/mol. The lowest BCUT2D eigenvalue weighted by Gasteiger charge is -2.12. The Kier molecular flexibility index (Phi) is 5.72. The van der Waals surface area contributed by atoms with E-state index in [1.54, 1.807) is 0 Å². The number of benzene rings is 1. The van der Waals surface area contributed by atoms with Crippen LogP contribution in [0.4, 0.5) is 11.4 Å². The Hall–Kier alpha value is -1.86. The Morgan fingerprint density at radius 1 is 1.60 bits per heavy atom. The molecule has 8 heteroatoms. The predicted octanol–water partition coefficient (Wildman–Crippen LogP) is 1.70. The fraction of sp³-hybridized carbons (Fsp3) is 0.417. The first kappa shape index (κ1) is 16.2. The Bertz CT molecular complexity index is 521. The fourth-order valence-electron chi connectivity index (χ4n) is 1.60. The van der Waals surface area contributed by atoms with E-state index in [1.807, 2.05) is 0 Å². The van der Waals surface area contributed by atoms with Crippen LogP contribution >= 0.6 is 11.6 Å². The van der Waals surface area contributed by atoms with Crippen molar-refractivity contribution >= 4 is 28.9 Å². The van der Waals surface area contributed by atoms with Crippen molar-refractivity contribution in [1.29, 1.82) is 0 Å². The zero-order valence-electron chi connectivity index (χ0n) is 11.1. The molecule has 0 saturated heterocycles. The number of alkyl halides is 1. The SMILES string of the molecule is COC(=O)c1cc(NCC(O)CCl)cc([N+](=O)[O-])c1C. The van der Waals surface area contributed by atoms with E-state index in [1.165, 1.54) is 26.2 Å². The lowest BCUT2D eigenvalue weighted by Crippen LogP contribution is -2.21. The monoisotopic (exact) mass is 302 g/mol. The molecule has 1 aromatic rings. The van der Waals surface area contributed by atoms with Gasteiger partial charge in [-0.3, -0.25) is 10.1 Å². The summed E-state index contributed by atoms with van der Waals surface area (Å²) in [5.74, 6) is -0.628. The highest BCUT2D eigenvalue weighted by molar-refractivity contribution is 6.18. The molecule has 0 heterocycles. The van der Waals surface area contributed by atoms with Gasteiger partial charge < -0.3 is 15.2 Å². The van der Waals surface area contributed by atoms with Crippen molar-refractivity contribution in [2.75, 3.05) is 24.9 Å². The molecule has 0 amide bonds. The molecule has 1 aromatic carbocycles. The number of carbonyl (C=O) groups is 1. The normalized spacial score (nSPS) is 11.8. The van der Waals surface area contributed by atoms with Crippen molar-refractivity contribution in [1.82, 2.24) is 0 Å². The number of nitrogens with zero attached hydrogens (tertiary/aromatic N) is 1. The highest BCUT2D eigenvalue weighted by Gasteiger charge is 2.21. The molecule has 1 rings (SSSR count). The zero-order valence-corrected chi connectivity index (χ0v) is 11.8. The first-order valence-electron chi connectivity index (χ1n) is 5.76. The first-order valence-corrected chi connectivity index (χ1v) is 6.29.